The lowest BCUT2D eigenvalue weighted by molar-refractivity contribution is 0.102. The summed E-state index contributed by atoms with van der Waals surface area (Å²) in [5, 5.41) is 12.4. The molecule has 104 valence electrons. The van der Waals surface area contributed by atoms with Crippen LogP contribution in [-0.4, -0.2) is 11.0 Å². The summed E-state index contributed by atoms with van der Waals surface area (Å²) in [5.41, 5.74) is 7.03. The van der Waals surface area contributed by atoms with Crippen LogP contribution in [-0.2, 0) is 0 Å². The van der Waals surface area contributed by atoms with E-state index in [-0.39, 0.29) is 11.3 Å². The van der Waals surface area contributed by atoms with Crippen LogP contribution in [0.5, 0.6) is 5.75 Å². The average Bonchev–Trinajstić information content (AvgIpc) is 2.38. The lowest BCUT2D eigenvalue weighted by Gasteiger charge is -2.11. The Morgan fingerprint density at radius 1 is 1.35 bits per heavy atom. The largest absolute Gasteiger partial charge is 0.507 e. The Balaban J connectivity index is 2.32. The minimum Gasteiger partial charge on any atom is -0.507 e. The highest BCUT2D eigenvalue weighted by Crippen LogP contribution is 2.28. The first-order chi connectivity index (χ1) is 9.38. The van der Waals surface area contributed by atoms with Crippen molar-refractivity contribution in [2.75, 3.05) is 11.1 Å². The molecule has 0 spiro atoms. The number of phenolic OH excluding ortho intramolecular Hbond substituents is 1. The average molecular weight is 295 g/mol. The molecule has 0 fully saturated rings. The van der Waals surface area contributed by atoms with E-state index >= 15 is 0 Å². The number of carbonyl (C=O) groups excluding carboxylic acids is 1. The number of aryl methyl sites for hydroxylation is 1. The number of rotatable bonds is 2. The highest BCUT2D eigenvalue weighted by Gasteiger charge is 2.14. The fourth-order valence-electron chi connectivity index (χ4n) is 1.72. The van der Waals surface area contributed by atoms with E-state index in [4.69, 9.17) is 17.3 Å². The molecule has 0 aliphatic heterocycles. The molecule has 0 saturated heterocycles. The molecule has 0 bridgehead atoms. The quantitative estimate of drug-likeness (QED) is 0.744. The summed E-state index contributed by atoms with van der Waals surface area (Å²) in [7, 11) is 0. The Labute approximate surface area is 120 Å². The van der Waals surface area contributed by atoms with Gasteiger partial charge >= 0.3 is 0 Å². The topological polar surface area (TPSA) is 75.3 Å². The van der Waals surface area contributed by atoms with Crippen molar-refractivity contribution in [1.29, 1.82) is 0 Å². The Bertz CT molecular complexity index is 689. The van der Waals surface area contributed by atoms with Crippen molar-refractivity contribution in [2.24, 2.45) is 0 Å². The maximum Gasteiger partial charge on any atom is 0.259 e. The minimum absolute atomic E-state index is 0.155. The van der Waals surface area contributed by atoms with Gasteiger partial charge in [-0.05, 0) is 42.8 Å². The zero-order valence-electron chi connectivity index (χ0n) is 10.6. The van der Waals surface area contributed by atoms with Crippen LogP contribution in [0.15, 0.2) is 30.3 Å². The molecule has 0 radical (unpaired) electrons. The van der Waals surface area contributed by atoms with Gasteiger partial charge in [-0.2, -0.15) is 0 Å². The third-order valence-corrected chi connectivity index (χ3v) is 3.12. The van der Waals surface area contributed by atoms with Crippen molar-refractivity contribution in [2.45, 2.75) is 6.92 Å². The summed E-state index contributed by atoms with van der Waals surface area (Å²) in [6.45, 7) is 1.74. The van der Waals surface area contributed by atoms with Gasteiger partial charge in [-0.1, -0.05) is 11.6 Å². The monoisotopic (exact) mass is 294 g/mol. The normalized spacial score (nSPS) is 10.3. The number of nitrogen functional groups attached to an aromatic ring is 1. The number of nitrogens with two attached hydrogens (primary N) is 1. The summed E-state index contributed by atoms with van der Waals surface area (Å²) >= 11 is 5.89. The van der Waals surface area contributed by atoms with Gasteiger partial charge in [0, 0.05) is 5.69 Å². The van der Waals surface area contributed by atoms with Crippen molar-refractivity contribution in [1.82, 2.24) is 0 Å². The van der Waals surface area contributed by atoms with Crippen LogP contribution >= 0.6 is 11.6 Å². The van der Waals surface area contributed by atoms with E-state index in [1.165, 1.54) is 6.07 Å². The van der Waals surface area contributed by atoms with E-state index in [1.54, 1.807) is 13.0 Å². The van der Waals surface area contributed by atoms with Crippen molar-refractivity contribution in [3.05, 3.63) is 52.3 Å². The fourth-order valence-corrected chi connectivity index (χ4v) is 1.88. The molecule has 0 atom stereocenters. The van der Waals surface area contributed by atoms with Crippen molar-refractivity contribution < 1.29 is 14.3 Å². The molecule has 0 aliphatic carbocycles. The fraction of sp³-hybridized carbons (Fsp3) is 0.0714. The lowest BCUT2D eigenvalue weighted by Crippen LogP contribution is -2.13. The van der Waals surface area contributed by atoms with Gasteiger partial charge in [-0.15, -0.1) is 0 Å². The second-order valence-electron chi connectivity index (χ2n) is 4.30. The number of carbonyl (C=O) groups is 1. The molecule has 2 aromatic carbocycles. The first-order valence-electron chi connectivity index (χ1n) is 5.74. The van der Waals surface area contributed by atoms with Crippen LogP contribution in [0.3, 0.4) is 0 Å². The summed E-state index contributed by atoms with van der Waals surface area (Å²) in [4.78, 5) is 12.0. The predicted molar refractivity (Wildman–Crippen MR) is 76.6 cm³/mol. The van der Waals surface area contributed by atoms with Crippen molar-refractivity contribution in [3.63, 3.8) is 0 Å². The molecule has 0 unspecified atom stereocenters. The number of benzene rings is 2. The van der Waals surface area contributed by atoms with E-state index in [1.807, 2.05) is 0 Å². The molecule has 0 aromatic heterocycles. The van der Waals surface area contributed by atoms with Crippen LogP contribution in [0.1, 0.15) is 15.9 Å². The Morgan fingerprint density at radius 2 is 2.05 bits per heavy atom. The van der Waals surface area contributed by atoms with Crippen LogP contribution < -0.4 is 11.1 Å². The molecule has 1 amide bonds. The number of amides is 1. The van der Waals surface area contributed by atoms with Crippen LogP contribution in [0, 0.1) is 12.7 Å². The number of halogens is 2. The van der Waals surface area contributed by atoms with Crippen LogP contribution in [0.25, 0.3) is 0 Å². The third kappa shape index (κ3) is 2.83. The highest BCUT2D eigenvalue weighted by atomic mass is 35.5. The Morgan fingerprint density at radius 3 is 2.75 bits per heavy atom. The molecule has 2 aromatic rings. The predicted octanol–water partition coefficient (Wildman–Crippen LogP) is 3.33. The maximum absolute atomic E-state index is 13.1. The minimum atomic E-state index is -0.633. The SMILES string of the molecule is Cc1cc(N)c(Cl)cc1NC(=O)c1cc(F)ccc1O. The smallest absolute Gasteiger partial charge is 0.259 e. The number of aromatic hydroxyl groups is 1. The van der Waals surface area contributed by atoms with E-state index in [9.17, 15) is 14.3 Å². The number of anilines is 2. The second-order valence-corrected chi connectivity index (χ2v) is 4.71. The van der Waals surface area contributed by atoms with Gasteiger partial charge in [-0.3, -0.25) is 4.79 Å². The molecule has 6 heteroatoms. The second kappa shape index (κ2) is 5.38. The van der Waals surface area contributed by atoms with Crippen LogP contribution in [0.4, 0.5) is 15.8 Å². The molecule has 0 aliphatic rings. The third-order valence-electron chi connectivity index (χ3n) is 2.80. The van der Waals surface area contributed by atoms with Crippen molar-refractivity contribution in [3.8, 4) is 5.75 Å². The summed E-state index contributed by atoms with van der Waals surface area (Å²) in [6.07, 6.45) is 0. The van der Waals surface area contributed by atoms with E-state index in [0.29, 0.717) is 22.0 Å². The van der Waals surface area contributed by atoms with Crippen LogP contribution in [0.2, 0.25) is 5.02 Å². The van der Waals surface area contributed by atoms with Gasteiger partial charge in [0.05, 0.1) is 16.3 Å². The molecular formula is C14H12ClFN2O2. The lowest BCUT2D eigenvalue weighted by atomic mass is 10.1. The van der Waals surface area contributed by atoms with Gasteiger partial charge in [0.1, 0.15) is 11.6 Å². The number of phenols is 1. The zero-order valence-corrected chi connectivity index (χ0v) is 11.3. The number of hydrogen-bond acceptors (Lipinski definition) is 3. The maximum atomic E-state index is 13.1. The van der Waals surface area contributed by atoms with Gasteiger partial charge in [0.2, 0.25) is 0 Å². The molecule has 4 N–H and O–H groups in total. The first-order valence-corrected chi connectivity index (χ1v) is 6.12. The molecule has 2 rings (SSSR count). The van der Waals surface area contributed by atoms with Gasteiger partial charge in [0.15, 0.2) is 0 Å². The summed E-state index contributed by atoms with van der Waals surface area (Å²) in [6, 6.07) is 6.26. The Hall–Kier alpha value is -2.27. The molecule has 0 heterocycles. The van der Waals surface area contributed by atoms with E-state index in [0.717, 1.165) is 18.2 Å². The van der Waals surface area contributed by atoms with Gasteiger partial charge in [0.25, 0.3) is 5.91 Å². The summed E-state index contributed by atoms with van der Waals surface area (Å²) < 4.78 is 13.1. The molecule has 4 nitrogen and oxygen atoms in total. The first kappa shape index (κ1) is 14.1. The van der Waals surface area contributed by atoms with E-state index in [2.05, 4.69) is 5.32 Å². The number of nitrogens with one attached hydrogen (secondary N) is 1. The molecular weight excluding hydrogens is 283 g/mol. The van der Waals surface area contributed by atoms with Gasteiger partial charge in [-0.25, -0.2) is 4.39 Å². The number of hydrogen-bond donors (Lipinski definition) is 3. The Kier molecular flexibility index (Phi) is 3.81. The molecule has 20 heavy (non-hydrogen) atoms. The summed E-state index contributed by atoms with van der Waals surface area (Å²) in [5.74, 6) is -1.55. The molecule has 0 saturated carbocycles. The highest BCUT2D eigenvalue weighted by molar-refractivity contribution is 6.33. The van der Waals surface area contributed by atoms with E-state index < -0.39 is 11.7 Å². The zero-order chi connectivity index (χ0) is 14.9. The van der Waals surface area contributed by atoms with Gasteiger partial charge < -0.3 is 16.2 Å². The standard InChI is InChI=1S/C14H12ClFN2O2/c1-7-4-11(17)10(15)6-12(7)18-14(20)9-5-8(16)2-3-13(9)19/h2-6,19H,17H2,1H3,(H,18,20). The van der Waals surface area contributed by atoms with Crippen molar-refractivity contribution >= 4 is 28.9 Å².